The van der Waals surface area contributed by atoms with Crippen LogP contribution in [0.4, 0.5) is 4.79 Å². The van der Waals surface area contributed by atoms with E-state index in [0.717, 1.165) is 11.8 Å². The predicted octanol–water partition coefficient (Wildman–Crippen LogP) is 2.35. The Hall–Kier alpha value is -1.88. The fourth-order valence-electron chi connectivity index (χ4n) is 2.68. The lowest BCUT2D eigenvalue weighted by molar-refractivity contribution is -0.113. The van der Waals surface area contributed by atoms with Crippen LogP contribution in [0.5, 0.6) is 0 Å². The molecule has 1 unspecified atom stereocenters. The first-order valence-corrected chi connectivity index (χ1v) is 8.10. The molecule has 0 aliphatic carbocycles. The number of benzene rings is 1. The number of piperazine rings is 1. The van der Waals surface area contributed by atoms with E-state index < -0.39 is 5.60 Å². The second-order valence-corrected chi connectivity index (χ2v) is 6.90. The molecular formula is C18H26N2O3. The van der Waals surface area contributed by atoms with Crippen LogP contribution in [0.3, 0.4) is 0 Å². The second-order valence-electron chi connectivity index (χ2n) is 6.90. The van der Waals surface area contributed by atoms with Gasteiger partial charge in [-0.15, -0.1) is 0 Å². The van der Waals surface area contributed by atoms with Gasteiger partial charge in [0.15, 0.2) is 0 Å². The molecule has 0 saturated carbocycles. The van der Waals surface area contributed by atoms with Crippen molar-refractivity contribution in [1.82, 2.24) is 9.80 Å². The molecule has 23 heavy (non-hydrogen) atoms. The van der Waals surface area contributed by atoms with E-state index in [1.54, 1.807) is 4.90 Å². The standard InChI is InChI=1S/C18H26N2O3/c1-18(2,3)23-17(22)20-11-9-19(10-12-20)16(14-21)13-15-7-5-4-6-8-15/h4-8,14,16H,9-13H2,1-3H3. The van der Waals surface area contributed by atoms with Gasteiger partial charge in [-0.1, -0.05) is 30.3 Å². The molecule has 126 valence electrons. The number of carbonyl (C=O) groups excluding carboxylic acids is 2. The van der Waals surface area contributed by atoms with Crippen LogP contribution in [-0.4, -0.2) is 60.0 Å². The summed E-state index contributed by atoms with van der Waals surface area (Å²) >= 11 is 0. The molecule has 0 bridgehead atoms. The minimum absolute atomic E-state index is 0.141. The summed E-state index contributed by atoms with van der Waals surface area (Å²) in [6.45, 7) is 8.16. The van der Waals surface area contributed by atoms with Crippen LogP contribution in [0.2, 0.25) is 0 Å². The Morgan fingerprint density at radius 2 is 1.78 bits per heavy atom. The lowest BCUT2D eigenvalue weighted by Gasteiger charge is -2.37. The van der Waals surface area contributed by atoms with Gasteiger partial charge in [0, 0.05) is 26.2 Å². The molecule has 1 atom stereocenters. The average Bonchev–Trinajstić information content (AvgIpc) is 2.52. The summed E-state index contributed by atoms with van der Waals surface area (Å²) in [5.74, 6) is 0. The molecule has 2 rings (SSSR count). The van der Waals surface area contributed by atoms with Gasteiger partial charge < -0.3 is 14.4 Å². The number of hydrogen-bond acceptors (Lipinski definition) is 4. The maximum Gasteiger partial charge on any atom is 0.410 e. The molecule has 1 aromatic carbocycles. The second kappa shape index (κ2) is 7.59. The first-order valence-electron chi connectivity index (χ1n) is 8.10. The van der Waals surface area contributed by atoms with Crippen molar-refractivity contribution in [2.75, 3.05) is 26.2 Å². The quantitative estimate of drug-likeness (QED) is 0.800. The van der Waals surface area contributed by atoms with Crippen molar-refractivity contribution in [3.8, 4) is 0 Å². The zero-order valence-corrected chi connectivity index (χ0v) is 14.2. The molecule has 1 heterocycles. The summed E-state index contributed by atoms with van der Waals surface area (Å²) in [7, 11) is 0. The predicted molar refractivity (Wildman–Crippen MR) is 89.4 cm³/mol. The van der Waals surface area contributed by atoms with Crippen molar-refractivity contribution >= 4 is 12.4 Å². The summed E-state index contributed by atoms with van der Waals surface area (Å²) in [5.41, 5.74) is 0.673. The van der Waals surface area contributed by atoms with E-state index in [4.69, 9.17) is 4.74 Å². The fraction of sp³-hybridized carbons (Fsp3) is 0.556. The highest BCUT2D eigenvalue weighted by Crippen LogP contribution is 2.14. The van der Waals surface area contributed by atoms with E-state index in [1.165, 1.54) is 0 Å². The van der Waals surface area contributed by atoms with Gasteiger partial charge in [-0.3, -0.25) is 4.90 Å². The summed E-state index contributed by atoms with van der Waals surface area (Å²) in [4.78, 5) is 27.4. The van der Waals surface area contributed by atoms with Gasteiger partial charge in [-0.2, -0.15) is 0 Å². The lowest BCUT2D eigenvalue weighted by Crippen LogP contribution is -2.53. The third-order valence-electron chi connectivity index (χ3n) is 3.88. The summed E-state index contributed by atoms with van der Waals surface area (Å²) < 4.78 is 5.39. The molecule has 1 amide bonds. The summed E-state index contributed by atoms with van der Waals surface area (Å²) in [6.07, 6.45) is 1.44. The number of aldehydes is 1. The Balaban J connectivity index is 1.87. The first-order chi connectivity index (χ1) is 10.9. The van der Waals surface area contributed by atoms with Crippen LogP contribution in [0.15, 0.2) is 30.3 Å². The van der Waals surface area contributed by atoms with Crippen molar-refractivity contribution in [1.29, 1.82) is 0 Å². The van der Waals surface area contributed by atoms with Crippen LogP contribution in [-0.2, 0) is 16.0 Å². The number of hydrogen-bond donors (Lipinski definition) is 0. The normalized spacial score (nSPS) is 17.6. The molecule has 0 aromatic heterocycles. The zero-order chi connectivity index (χ0) is 16.9. The Bertz CT molecular complexity index is 517. The van der Waals surface area contributed by atoms with Crippen LogP contribution >= 0.6 is 0 Å². The number of nitrogens with zero attached hydrogens (tertiary/aromatic N) is 2. The highest BCUT2D eigenvalue weighted by atomic mass is 16.6. The average molecular weight is 318 g/mol. The van der Waals surface area contributed by atoms with Gasteiger partial charge in [0.25, 0.3) is 0 Å². The Morgan fingerprint density at radius 1 is 1.17 bits per heavy atom. The topological polar surface area (TPSA) is 49.9 Å². The van der Waals surface area contributed by atoms with E-state index in [9.17, 15) is 9.59 Å². The Kier molecular flexibility index (Phi) is 5.77. The van der Waals surface area contributed by atoms with Gasteiger partial charge in [-0.05, 0) is 32.8 Å². The van der Waals surface area contributed by atoms with E-state index in [1.807, 2.05) is 51.1 Å². The molecule has 1 saturated heterocycles. The summed E-state index contributed by atoms with van der Waals surface area (Å²) in [6, 6.07) is 9.87. The number of ether oxygens (including phenoxy) is 1. The minimum Gasteiger partial charge on any atom is -0.444 e. The highest BCUT2D eigenvalue weighted by Gasteiger charge is 2.28. The van der Waals surface area contributed by atoms with Crippen molar-refractivity contribution in [3.63, 3.8) is 0 Å². The third kappa shape index (κ3) is 5.36. The molecule has 0 radical (unpaired) electrons. The van der Waals surface area contributed by atoms with Gasteiger partial charge >= 0.3 is 6.09 Å². The monoisotopic (exact) mass is 318 g/mol. The molecule has 1 aliphatic heterocycles. The van der Waals surface area contributed by atoms with Crippen molar-refractivity contribution in [2.24, 2.45) is 0 Å². The zero-order valence-electron chi connectivity index (χ0n) is 14.2. The maximum atomic E-state index is 12.1. The maximum absolute atomic E-state index is 12.1. The molecule has 0 spiro atoms. The van der Waals surface area contributed by atoms with E-state index in [-0.39, 0.29) is 12.1 Å². The van der Waals surface area contributed by atoms with Crippen molar-refractivity contribution in [3.05, 3.63) is 35.9 Å². The Labute approximate surface area is 138 Å². The number of carbonyl (C=O) groups is 2. The van der Waals surface area contributed by atoms with Crippen molar-refractivity contribution < 1.29 is 14.3 Å². The molecule has 1 fully saturated rings. The third-order valence-corrected chi connectivity index (χ3v) is 3.88. The van der Waals surface area contributed by atoms with E-state index in [0.29, 0.717) is 32.6 Å². The lowest BCUT2D eigenvalue weighted by atomic mass is 10.0. The van der Waals surface area contributed by atoms with Crippen LogP contribution in [0.1, 0.15) is 26.3 Å². The SMILES string of the molecule is CC(C)(C)OC(=O)N1CCN(C(C=O)Cc2ccccc2)CC1. The first kappa shape index (κ1) is 17.5. The molecule has 1 aromatic rings. The molecule has 5 nitrogen and oxygen atoms in total. The van der Waals surface area contributed by atoms with Crippen LogP contribution < -0.4 is 0 Å². The summed E-state index contributed by atoms with van der Waals surface area (Å²) in [5, 5.41) is 0. The molecule has 0 N–H and O–H groups in total. The Morgan fingerprint density at radius 3 is 2.30 bits per heavy atom. The van der Waals surface area contributed by atoms with Gasteiger partial charge in [-0.25, -0.2) is 4.79 Å². The smallest absolute Gasteiger partial charge is 0.410 e. The van der Waals surface area contributed by atoms with E-state index >= 15 is 0 Å². The van der Waals surface area contributed by atoms with Crippen molar-refractivity contribution in [2.45, 2.75) is 38.8 Å². The van der Waals surface area contributed by atoms with Crippen LogP contribution in [0, 0.1) is 0 Å². The minimum atomic E-state index is -0.479. The van der Waals surface area contributed by atoms with Crippen LogP contribution in [0.25, 0.3) is 0 Å². The van der Waals surface area contributed by atoms with Gasteiger partial charge in [0.05, 0.1) is 6.04 Å². The highest BCUT2D eigenvalue weighted by molar-refractivity contribution is 5.68. The fourth-order valence-corrected chi connectivity index (χ4v) is 2.68. The van der Waals surface area contributed by atoms with Gasteiger partial charge in [0.2, 0.25) is 0 Å². The molecular weight excluding hydrogens is 292 g/mol. The molecule has 5 heteroatoms. The largest absolute Gasteiger partial charge is 0.444 e. The number of amides is 1. The van der Waals surface area contributed by atoms with E-state index in [2.05, 4.69) is 4.90 Å². The number of rotatable bonds is 4. The molecule has 1 aliphatic rings. The van der Waals surface area contributed by atoms with Gasteiger partial charge in [0.1, 0.15) is 11.9 Å².